The number of likely N-dealkylation sites (N-methyl/N-ethyl adjacent to an activating group) is 1. The quantitative estimate of drug-likeness (QED) is 0.0110. The molecule has 6 aromatic carbocycles. The van der Waals surface area contributed by atoms with Crippen molar-refractivity contribution in [2.75, 3.05) is 113 Å². The molecule has 0 aliphatic carbocycles. The summed E-state index contributed by atoms with van der Waals surface area (Å²) >= 11 is 0. The van der Waals surface area contributed by atoms with Crippen LogP contribution in [0, 0.1) is 0 Å². The molecule has 752 valence electrons. The van der Waals surface area contributed by atoms with Gasteiger partial charge in [-0.1, -0.05) is 129 Å². The third-order valence-electron chi connectivity index (χ3n) is 14.4. The van der Waals surface area contributed by atoms with Gasteiger partial charge < -0.3 is 90.0 Å². The summed E-state index contributed by atoms with van der Waals surface area (Å²) in [7, 11) is 18.1. The lowest BCUT2D eigenvalue weighted by Crippen LogP contribution is -2.24. The number of fused-ring (bicyclic) bond motifs is 2. The topological polar surface area (TPSA) is 520 Å². The molecule has 7 rings (SSSR count). The lowest BCUT2D eigenvalue weighted by atomic mass is 10.1. The maximum atomic E-state index is 11.5. The summed E-state index contributed by atoms with van der Waals surface area (Å²) in [5, 5.41) is 4.08. The van der Waals surface area contributed by atoms with Crippen LogP contribution in [0.2, 0.25) is 0 Å². The van der Waals surface area contributed by atoms with Crippen molar-refractivity contribution in [1.29, 1.82) is 0 Å². The van der Waals surface area contributed by atoms with Crippen LogP contribution in [-0.2, 0) is 167 Å². The molecule has 1 aliphatic rings. The zero-order valence-corrected chi connectivity index (χ0v) is 80.3. The first-order valence-electron chi connectivity index (χ1n) is 39.9. The normalized spacial score (nSPS) is 10.2. The van der Waals surface area contributed by atoms with Crippen molar-refractivity contribution >= 4 is 141 Å². The van der Waals surface area contributed by atoms with E-state index in [4.69, 9.17) is 23.7 Å². The summed E-state index contributed by atoms with van der Waals surface area (Å²) < 4.78 is 85.1. The van der Waals surface area contributed by atoms with E-state index in [1.807, 2.05) is 79.7 Å². The summed E-state index contributed by atoms with van der Waals surface area (Å²) in [5.41, 5.74) is 0.954. The largest absolute Gasteiger partial charge is 0.466 e. The molecular weight excluding hydrogens is 1840 g/mol. The summed E-state index contributed by atoms with van der Waals surface area (Å²) in [6, 6.07) is 43.3. The van der Waals surface area contributed by atoms with Gasteiger partial charge >= 0.3 is 107 Å². The van der Waals surface area contributed by atoms with E-state index in [0.29, 0.717) is 53.8 Å². The van der Waals surface area contributed by atoms with Crippen molar-refractivity contribution in [2.45, 2.75) is 40.2 Å². The number of hydrogen-bond acceptors (Lipinski definition) is 39. The summed E-state index contributed by atoms with van der Waals surface area (Å²) in [5.74, 6) is -8.85. The fraction of sp³-hybridized carbons (Fsp3) is 0.220. The third kappa shape index (κ3) is 72.6. The number of carbonyl (C=O) groups excluding carboxylic acids is 20. The Morgan fingerprint density at radius 1 is 0.286 bits per heavy atom. The van der Waals surface area contributed by atoms with Crippen LogP contribution in [-0.4, -0.2) is 243 Å². The van der Waals surface area contributed by atoms with Crippen LogP contribution >= 0.6 is 0 Å². The van der Waals surface area contributed by atoms with E-state index in [2.05, 4.69) is 92.6 Å². The predicted octanol–water partition coefficient (Wildman–Crippen LogP) is 10.7. The van der Waals surface area contributed by atoms with Gasteiger partial charge in [0.1, 0.15) is 23.0 Å². The molecule has 0 bridgehead atoms. The van der Waals surface area contributed by atoms with Crippen LogP contribution in [0.15, 0.2) is 305 Å². The van der Waals surface area contributed by atoms with Crippen molar-refractivity contribution in [3.8, 4) is 23.0 Å². The second-order valence-corrected chi connectivity index (χ2v) is 24.2. The highest BCUT2D eigenvalue weighted by atomic mass is 16.6. The van der Waals surface area contributed by atoms with E-state index in [0.717, 1.165) is 124 Å². The SMILES string of the molecule is C=C(C)C(=O)OC.C=C(CC)C(=O)OC.C=CC(C=C)OC.CCOC(=O)/C=C/C(=O)OC.CCOC(=O)/C=C\C(=O)OC.CN1C(=O)C=CC1=O.COC(=O)/C=C/C(=O)OC.COC(=O)/C=C/C(=O)Oc1ccc2ccccc2c1.COC(=O)/C=C/C(=O)Oc1ccccc1.COC(=O)/C=C\C(=O)OC.COC(=O)/C=C\C(=O)Oc1ccc2ccccc2c1.COC(=O)/C=C\C(=O)Oc1ccccc1. The summed E-state index contributed by atoms with van der Waals surface area (Å²) in [6.45, 7) is 21.3. The van der Waals surface area contributed by atoms with E-state index in [-0.39, 0.29) is 29.9 Å². The molecule has 140 heavy (non-hydrogen) atoms. The van der Waals surface area contributed by atoms with Crippen molar-refractivity contribution in [3.63, 3.8) is 0 Å². The molecule has 0 saturated carbocycles. The number of rotatable bonds is 28. The zero-order chi connectivity index (χ0) is 107. The first-order valence-corrected chi connectivity index (χ1v) is 39.9. The van der Waals surface area contributed by atoms with Crippen molar-refractivity contribution in [2.24, 2.45) is 0 Å². The number of carbonyl (C=O) groups is 20. The average Bonchev–Trinajstić information content (AvgIpc) is 1.05. The Morgan fingerprint density at radius 2 is 0.507 bits per heavy atom. The van der Waals surface area contributed by atoms with Gasteiger partial charge in [-0.2, -0.15) is 0 Å². The van der Waals surface area contributed by atoms with E-state index in [9.17, 15) is 95.9 Å². The number of amides is 2. The van der Waals surface area contributed by atoms with E-state index in [1.165, 1.54) is 105 Å². The van der Waals surface area contributed by atoms with Gasteiger partial charge in [-0.15, -0.1) is 13.2 Å². The van der Waals surface area contributed by atoms with Gasteiger partial charge in [0.05, 0.1) is 105 Å². The Balaban J connectivity index is -0.000000481. The Kier molecular flexibility index (Phi) is 78.3. The van der Waals surface area contributed by atoms with Gasteiger partial charge in [0.15, 0.2) is 0 Å². The molecule has 0 spiro atoms. The van der Waals surface area contributed by atoms with Crippen LogP contribution in [0.1, 0.15) is 34.1 Å². The molecular formula is C100H113NO39. The standard InChI is InChI=1S/2C15H12O4.2C11H10O4.2C7H10O4.2C6H8O4.C6H10O2.C6H10O.C5H5NO2.C5H8O2/c2*1-18-14(16)8-9-15(17)19-13-7-6-11-4-2-3-5-12(11)10-13;2*1-14-10(12)7-8-11(13)15-9-5-3-2-4-6-9;2*1-3-11-7(9)5-4-6(8)10-2;2*1-9-5(7)3-4-6(8)10-2;1-4-5(2)6(7)8-3;1-4-6(5-2)7-3;1-6-4(7)2-3-5(6)8;1-4(2)5(6)7-3/h2*2-10H,1H3;2*2-8H,1H3;2*4-5H,3H2,1-2H3;2*3-4H,1-2H3;2,4H2,1,3H3;4-6H,1-2H2,3H3;2-3H,1H3;1H2,2-3H3/b9-8+;9-8-;8-7+;8-7-;5-4+;5-4-;4-3+;4-3-;;;;. The van der Waals surface area contributed by atoms with Crippen LogP contribution < -0.4 is 18.9 Å². The minimum absolute atomic E-state index is 0.0139. The van der Waals surface area contributed by atoms with Crippen LogP contribution in [0.3, 0.4) is 0 Å². The highest BCUT2D eigenvalue weighted by molar-refractivity contribution is 6.12. The van der Waals surface area contributed by atoms with Crippen molar-refractivity contribution in [3.05, 3.63) is 305 Å². The maximum absolute atomic E-state index is 11.5. The number of ether oxygens (including phenoxy) is 19. The summed E-state index contributed by atoms with van der Waals surface area (Å²) in [6.07, 6.45) is 22.7. The van der Waals surface area contributed by atoms with Crippen LogP contribution in [0.4, 0.5) is 0 Å². The number of hydrogen-bond donors (Lipinski definition) is 0. The van der Waals surface area contributed by atoms with Gasteiger partial charge in [0, 0.05) is 135 Å². The van der Waals surface area contributed by atoms with Crippen LogP contribution in [0.25, 0.3) is 21.5 Å². The number of imide groups is 1. The molecule has 1 heterocycles. The monoisotopic (exact) mass is 1950 g/mol. The maximum Gasteiger partial charge on any atom is 0.336 e. The second-order valence-electron chi connectivity index (χ2n) is 24.2. The number of para-hydroxylation sites is 2. The molecule has 2 amide bonds. The molecule has 0 atom stereocenters. The van der Waals surface area contributed by atoms with Gasteiger partial charge in [-0.3, -0.25) is 14.5 Å². The van der Waals surface area contributed by atoms with Gasteiger partial charge in [-0.25, -0.2) is 86.3 Å². The third-order valence-corrected chi connectivity index (χ3v) is 14.4. The lowest BCUT2D eigenvalue weighted by molar-refractivity contribution is -0.139. The molecule has 40 heteroatoms. The number of benzene rings is 6. The molecule has 0 aromatic heterocycles. The molecule has 6 aromatic rings. The van der Waals surface area contributed by atoms with Gasteiger partial charge in [-0.05, 0) is 97.3 Å². The Bertz CT molecular complexity index is 4970. The number of methoxy groups -OCH3 is 13. The predicted molar refractivity (Wildman–Crippen MR) is 506 cm³/mol. The average molecular weight is 1950 g/mol. The van der Waals surface area contributed by atoms with Crippen LogP contribution in [0.5, 0.6) is 23.0 Å². The van der Waals surface area contributed by atoms with Gasteiger partial charge in [0.2, 0.25) is 0 Å². The van der Waals surface area contributed by atoms with Crippen molar-refractivity contribution < 1.29 is 186 Å². The zero-order valence-electron chi connectivity index (χ0n) is 80.3. The van der Waals surface area contributed by atoms with Gasteiger partial charge in [0.25, 0.3) is 11.8 Å². The first-order chi connectivity index (χ1) is 66.6. The fourth-order valence-electron chi connectivity index (χ4n) is 7.42. The highest BCUT2D eigenvalue weighted by Gasteiger charge is 2.17. The molecule has 0 saturated heterocycles. The van der Waals surface area contributed by atoms with E-state index in [1.54, 1.807) is 113 Å². The molecule has 40 nitrogen and oxygen atoms in total. The van der Waals surface area contributed by atoms with E-state index >= 15 is 0 Å². The van der Waals surface area contributed by atoms with E-state index < -0.39 is 95.5 Å². The minimum atomic E-state index is -0.624. The Labute approximate surface area is 808 Å². The smallest absolute Gasteiger partial charge is 0.336 e. The molecule has 1 aliphatic heterocycles. The minimum Gasteiger partial charge on any atom is -0.466 e. The molecule has 0 unspecified atom stereocenters. The molecule has 0 radical (unpaired) electrons. The highest BCUT2D eigenvalue weighted by Crippen LogP contribution is 2.22. The fourth-order valence-corrected chi connectivity index (χ4v) is 7.42. The number of esters is 18. The molecule has 0 N–H and O–H groups in total. The molecule has 0 fully saturated rings. The first kappa shape index (κ1) is 131. The second kappa shape index (κ2) is 84.0. The van der Waals surface area contributed by atoms with Crippen molar-refractivity contribution in [1.82, 2.24) is 4.90 Å². The lowest BCUT2D eigenvalue weighted by Gasteiger charge is -2.03. The Morgan fingerprint density at radius 3 is 0.679 bits per heavy atom. The number of nitrogens with zero attached hydrogens (tertiary/aromatic N) is 1. The summed E-state index contributed by atoms with van der Waals surface area (Å²) in [4.78, 5) is 214. The Hall–Kier alpha value is -18.0.